The fourth-order valence-corrected chi connectivity index (χ4v) is 1.88. The Morgan fingerprint density at radius 2 is 2.10 bits per heavy atom. The number of nitrogens with one attached hydrogen (secondary N) is 2. The van der Waals surface area contributed by atoms with E-state index in [1.165, 1.54) is 18.2 Å². The molecule has 0 saturated heterocycles. The van der Waals surface area contributed by atoms with Crippen LogP contribution < -0.4 is 10.6 Å². The van der Waals surface area contributed by atoms with Gasteiger partial charge in [-0.3, -0.25) is 9.78 Å². The molecule has 21 heavy (non-hydrogen) atoms. The van der Waals surface area contributed by atoms with Gasteiger partial charge in [0.1, 0.15) is 5.82 Å². The van der Waals surface area contributed by atoms with E-state index in [9.17, 15) is 9.18 Å². The highest BCUT2D eigenvalue weighted by Gasteiger charge is 2.04. The minimum atomic E-state index is -0.402. The molecule has 0 aliphatic heterocycles. The zero-order chi connectivity index (χ0) is 14.9. The number of halogens is 1. The lowest BCUT2D eigenvalue weighted by Gasteiger charge is -2.07. The lowest BCUT2D eigenvalue weighted by atomic mass is 10.2. The summed E-state index contributed by atoms with van der Waals surface area (Å²) in [6.07, 6.45) is 4.37. The van der Waals surface area contributed by atoms with E-state index in [4.69, 9.17) is 0 Å². The van der Waals surface area contributed by atoms with Crippen LogP contribution >= 0.6 is 0 Å². The molecule has 0 spiro atoms. The van der Waals surface area contributed by atoms with Crippen LogP contribution in [0.3, 0.4) is 0 Å². The molecule has 0 fully saturated rings. The summed E-state index contributed by atoms with van der Waals surface area (Å²) < 4.78 is 13.0. The molecule has 2 N–H and O–H groups in total. The average molecular weight is 287 g/mol. The van der Waals surface area contributed by atoms with Crippen molar-refractivity contribution in [1.82, 2.24) is 15.6 Å². The van der Waals surface area contributed by atoms with Crippen LogP contribution in [0, 0.1) is 5.82 Å². The van der Waals surface area contributed by atoms with Gasteiger partial charge in [-0.25, -0.2) is 4.39 Å². The number of carbonyl (C=O) groups excluding carboxylic acids is 1. The Morgan fingerprint density at radius 3 is 2.86 bits per heavy atom. The third kappa shape index (κ3) is 5.31. The predicted molar refractivity (Wildman–Crippen MR) is 79.3 cm³/mol. The van der Waals surface area contributed by atoms with E-state index in [2.05, 4.69) is 15.6 Å². The van der Waals surface area contributed by atoms with E-state index in [0.717, 1.165) is 25.1 Å². The first-order valence-corrected chi connectivity index (χ1v) is 6.89. The topological polar surface area (TPSA) is 54.0 Å². The van der Waals surface area contributed by atoms with Gasteiger partial charge in [0, 0.05) is 31.0 Å². The fraction of sp³-hybridized carbons (Fsp3) is 0.250. The van der Waals surface area contributed by atoms with Gasteiger partial charge in [-0.2, -0.15) is 0 Å². The summed E-state index contributed by atoms with van der Waals surface area (Å²) in [7, 11) is 0. The van der Waals surface area contributed by atoms with Crippen molar-refractivity contribution in [3.8, 4) is 0 Å². The van der Waals surface area contributed by atoms with Gasteiger partial charge < -0.3 is 10.6 Å². The van der Waals surface area contributed by atoms with Crippen LogP contribution in [-0.2, 0) is 6.54 Å². The Kier molecular flexibility index (Phi) is 5.84. The van der Waals surface area contributed by atoms with Crippen molar-refractivity contribution in [1.29, 1.82) is 0 Å². The van der Waals surface area contributed by atoms with Crippen molar-refractivity contribution in [3.05, 3.63) is 65.7 Å². The van der Waals surface area contributed by atoms with Crippen molar-refractivity contribution < 1.29 is 9.18 Å². The number of hydrogen-bond donors (Lipinski definition) is 2. The summed E-state index contributed by atoms with van der Waals surface area (Å²) in [4.78, 5) is 15.8. The molecule has 1 heterocycles. The number of rotatable bonds is 7. The average Bonchev–Trinajstić information content (AvgIpc) is 2.51. The van der Waals surface area contributed by atoms with Gasteiger partial charge in [-0.05, 0) is 42.8 Å². The summed E-state index contributed by atoms with van der Waals surface area (Å²) in [6.45, 7) is 2.10. The van der Waals surface area contributed by atoms with Crippen LogP contribution in [0.15, 0.2) is 48.8 Å². The zero-order valence-corrected chi connectivity index (χ0v) is 11.7. The molecule has 2 aromatic rings. The fourth-order valence-electron chi connectivity index (χ4n) is 1.88. The molecule has 0 saturated carbocycles. The summed E-state index contributed by atoms with van der Waals surface area (Å²) in [5.74, 6) is -0.650. The number of carbonyl (C=O) groups is 1. The third-order valence-corrected chi connectivity index (χ3v) is 2.95. The van der Waals surface area contributed by atoms with Gasteiger partial charge in [0.25, 0.3) is 5.91 Å². The highest BCUT2D eigenvalue weighted by Crippen LogP contribution is 2.02. The van der Waals surface area contributed by atoms with Crippen LogP contribution in [-0.4, -0.2) is 24.0 Å². The molecule has 110 valence electrons. The summed E-state index contributed by atoms with van der Waals surface area (Å²) in [6, 6.07) is 9.58. The highest BCUT2D eigenvalue weighted by atomic mass is 19.1. The number of aromatic nitrogens is 1. The van der Waals surface area contributed by atoms with Gasteiger partial charge in [0.2, 0.25) is 0 Å². The van der Waals surface area contributed by atoms with Gasteiger partial charge in [0.05, 0.1) is 0 Å². The van der Waals surface area contributed by atoms with E-state index >= 15 is 0 Å². The van der Waals surface area contributed by atoms with Crippen LogP contribution in [0.2, 0.25) is 0 Å². The molecule has 0 unspecified atom stereocenters. The highest BCUT2D eigenvalue weighted by molar-refractivity contribution is 5.94. The molecule has 0 bridgehead atoms. The van der Waals surface area contributed by atoms with Gasteiger partial charge >= 0.3 is 0 Å². The Labute approximate surface area is 123 Å². The molecule has 0 radical (unpaired) electrons. The molecule has 4 nitrogen and oxygen atoms in total. The van der Waals surface area contributed by atoms with Crippen LogP contribution in [0.5, 0.6) is 0 Å². The molecule has 0 atom stereocenters. The van der Waals surface area contributed by atoms with Crippen molar-refractivity contribution in [2.24, 2.45) is 0 Å². The van der Waals surface area contributed by atoms with Crippen molar-refractivity contribution in [3.63, 3.8) is 0 Å². The standard InChI is InChI=1S/C16H18FN3O/c17-15-6-1-5-14(10-15)16(21)20-9-3-8-19-12-13-4-2-7-18-11-13/h1-2,4-7,10-11,19H,3,8-9,12H2,(H,20,21). The van der Waals surface area contributed by atoms with E-state index in [1.54, 1.807) is 12.3 Å². The number of amides is 1. The van der Waals surface area contributed by atoms with Crippen molar-refractivity contribution in [2.75, 3.05) is 13.1 Å². The van der Waals surface area contributed by atoms with E-state index in [0.29, 0.717) is 12.1 Å². The van der Waals surface area contributed by atoms with Gasteiger partial charge in [0.15, 0.2) is 0 Å². The molecule has 1 aromatic carbocycles. The summed E-state index contributed by atoms with van der Waals surface area (Å²) in [5.41, 5.74) is 1.47. The minimum absolute atomic E-state index is 0.248. The minimum Gasteiger partial charge on any atom is -0.352 e. The first-order valence-electron chi connectivity index (χ1n) is 6.89. The Balaban J connectivity index is 1.60. The van der Waals surface area contributed by atoms with Crippen molar-refractivity contribution >= 4 is 5.91 Å². The van der Waals surface area contributed by atoms with Crippen LogP contribution in [0.4, 0.5) is 4.39 Å². The third-order valence-electron chi connectivity index (χ3n) is 2.95. The quantitative estimate of drug-likeness (QED) is 0.767. The monoisotopic (exact) mass is 287 g/mol. The number of benzene rings is 1. The zero-order valence-electron chi connectivity index (χ0n) is 11.7. The van der Waals surface area contributed by atoms with E-state index in [-0.39, 0.29) is 5.91 Å². The Morgan fingerprint density at radius 1 is 1.19 bits per heavy atom. The predicted octanol–water partition coefficient (Wildman–Crippen LogP) is 2.13. The lowest BCUT2D eigenvalue weighted by molar-refractivity contribution is 0.0953. The van der Waals surface area contributed by atoms with Crippen molar-refractivity contribution in [2.45, 2.75) is 13.0 Å². The summed E-state index contributed by atoms with van der Waals surface area (Å²) in [5, 5.41) is 6.04. The lowest BCUT2D eigenvalue weighted by Crippen LogP contribution is -2.27. The largest absolute Gasteiger partial charge is 0.352 e. The number of nitrogens with zero attached hydrogens (tertiary/aromatic N) is 1. The molecular formula is C16H18FN3O. The summed E-state index contributed by atoms with van der Waals surface area (Å²) >= 11 is 0. The maximum absolute atomic E-state index is 13.0. The normalized spacial score (nSPS) is 10.3. The molecule has 2 rings (SSSR count). The van der Waals surface area contributed by atoms with Gasteiger partial charge in [-0.1, -0.05) is 12.1 Å². The first kappa shape index (κ1) is 15.1. The molecule has 5 heteroatoms. The van der Waals surface area contributed by atoms with E-state index < -0.39 is 5.82 Å². The smallest absolute Gasteiger partial charge is 0.251 e. The van der Waals surface area contributed by atoms with Crippen LogP contribution in [0.1, 0.15) is 22.3 Å². The van der Waals surface area contributed by atoms with Gasteiger partial charge in [-0.15, -0.1) is 0 Å². The molecule has 0 aliphatic carbocycles. The molecule has 0 aliphatic rings. The molecule has 1 amide bonds. The SMILES string of the molecule is O=C(NCCCNCc1cccnc1)c1cccc(F)c1. The van der Waals surface area contributed by atoms with E-state index in [1.807, 2.05) is 18.3 Å². The second kappa shape index (κ2) is 8.11. The maximum Gasteiger partial charge on any atom is 0.251 e. The second-order valence-corrected chi connectivity index (χ2v) is 4.66. The number of pyridine rings is 1. The Hall–Kier alpha value is -2.27. The number of hydrogen-bond acceptors (Lipinski definition) is 3. The van der Waals surface area contributed by atoms with Crippen LogP contribution in [0.25, 0.3) is 0 Å². The molecule has 1 aromatic heterocycles. The Bertz CT molecular complexity index is 575. The maximum atomic E-state index is 13.0. The molecular weight excluding hydrogens is 269 g/mol. The second-order valence-electron chi connectivity index (χ2n) is 4.66. The first-order chi connectivity index (χ1) is 10.3.